The third-order valence-corrected chi connectivity index (χ3v) is 3.70. The van der Waals surface area contributed by atoms with Crippen LogP contribution in [-0.4, -0.2) is 31.0 Å². The van der Waals surface area contributed by atoms with Gasteiger partial charge in [0.15, 0.2) is 5.96 Å². The van der Waals surface area contributed by atoms with E-state index < -0.39 is 0 Å². The van der Waals surface area contributed by atoms with Crippen LogP contribution in [0.3, 0.4) is 0 Å². The summed E-state index contributed by atoms with van der Waals surface area (Å²) in [7, 11) is 0. The number of rotatable bonds is 8. The molecule has 0 atom stereocenters. The highest BCUT2D eigenvalue weighted by Gasteiger charge is 2.15. The molecular weight excluding hydrogens is 252 g/mol. The van der Waals surface area contributed by atoms with Crippen LogP contribution in [-0.2, 0) is 4.79 Å². The van der Waals surface area contributed by atoms with Gasteiger partial charge in [-0.3, -0.25) is 4.79 Å². The number of hydrogen-bond donors (Lipinski definition) is 3. The van der Waals surface area contributed by atoms with E-state index in [-0.39, 0.29) is 12.5 Å². The Morgan fingerprint density at radius 1 is 1.20 bits per heavy atom. The van der Waals surface area contributed by atoms with Crippen LogP contribution in [0.1, 0.15) is 64.7 Å². The number of carbonyl (C=O) groups is 1. The van der Waals surface area contributed by atoms with Crippen molar-refractivity contribution in [2.75, 3.05) is 13.1 Å². The molecule has 0 aromatic heterocycles. The first-order chi connectivity index (χ1) is 9.72. The number of carbonyl (C=O) groups excluding carboxylic acids is 1. The van der Waals surface area contributed by atoms with Crippen molar-refractivity contribution < 1.29 is 4.79 Å². The Balaban J connectivity index is 2.09. The Morgan fingerprint density at radius 3 is 2.65 bits per heavy atom. The van der Waals surface area contributed by atoms with Gasteiger partial charge in [0, 0.05) is 12.6 Å². The summed E-state index contributed by atoms with van der Waals surface area (Å²) >= 11 is 0. The number of nitrogens with one attached hydrogen (secondary N) is 2. The molecule has 0 radical (unpaired) electrons. The van der Waals surface area contributed by atoms with Crippen molar-refractivity contribution in [3.63, 3.8) is 0 Å². The van der Waals surface area contributed by atoms with Crippen molar-refractivity contribution in [3.8, 4) is 0 Å². The lowest BCUT2D eigenvalue weighted by Crippen LogP contribution is -2.39. The largest absolute Gasteiger partial charge is 0.370 e. The van der Waals surface area contributed by atoms with Gasteiger partial charge in [0.2, 0.25) is 5.91 Å². The standard InChI is InChI=1S/C15H30N4O/c1-2-3-4-8-11-17-15(16)18-12-14(20)19-13-9-6-5-7-10-13/h13H,2-12H2,1H3,(H,19,20)(H3,16,17,18). The zero-order valence-electron chi connectivity index (χ0n) is 12.8. The molecule has 0 bridgehead atoms. The summed E-state index contributed by atoms with van der Waals surface area (Å²) in [4.78, 5) is 15.8. The molecule has 1 saturated carbocycles. The number of amides is 1. The molecule has 116 valence electrons. The average Bonchev–Trinajstić information content (AvgIpc) is 2.46. The highest BCUT2D eigenvalue weighted by atomic mass is 16.1. The molecule has 1 aliphatic rings. The van der Waals surface area contributed by atoms with Crippen molar-refractivity contribution in [1.29, 1.82) is 0 Å². The van der Waals surface area contributed by atoms with Crippen LogP contribution < -0.4 is 16.4 Å². The van der Waals surface area contributed by atoms with Gasteiger partial charge in [0.05, 0.1) is 0 Å². The lowest BCUT2D eigenvalue weighted by molar-refractivity contribution is -0.120. The highest BCUT2D eigenvalue weighted by Crippen LogP contribution is 2.17. The smallest absolute Gasteiger partial charge is 0.242 e. The number of unbranched alkanes of at least 4 members (excludes halogenated alkanes) is 3. The first-order valence-corrected chi connectivity index (χ1v) is 8.05. The first-order valence-electron chi connectivity index (χ1n) is 8.05. The fourth-order valence-corrected chi connectivity index (χ4v) is 2.50. The normalized spacial score (nSPS) is 16.9. The van der Waals surface area contributed by atoms with Gasteiger partial charge in [0.1, 0.15) is 6.54 Å². The van der Waals surface area contributed by atoms with Crippen molar-refractivity contribution in [3.05, 3.63) is 0 Å². The van der Waals surface area contributed by atoms with Crippen molar-refractivity contribution in [1.82, 2.24) is 10.6 Å². The minimum absolute atomic E-state index is 0.0207. The minimum atomic E-state index is -0.0207. The molecular formula is C15H30N4O. The molecule has 5 nitrogen and oxygen atoms in total. The number of hydrogen-bond acceptors (Lipinski definition) is 2. The molecule has 0 aliphatic heterocycles. The Kier molecular flexibility index (Phi) is 8.83. The second-order valence-electron chi connectivity index (χ2n) is 5.59. The van der Waals surface area contributed by atoms with Crippen LogP contribution >= 0.6 is 0 Å². The van der Waals surface area contributed by atoms with Gasteiger partial charge in [-0.25, -0.2) is 4.99 Å². The van der Waals surface area contributed by atoms with E-state index in [4.69, 9.17) is 5.73 Å². The lowest BCUT2D eigenvalue weighted by atomic mass is 9.95. The predicted molar refractivity (Wildman–Crippen MR) is 83.6 cm³/mol. The first kappa shape index (κ1) is 16.8. The molecule has 0 saturated heterocycles. The summed E-state index contributed by atoms with van der Waals surface area (Å²) in [6.07, 6.45) is 10.7. The molecule has 0 heterocycles. The van der Waals surface area contributed by atoms with Gasteiger partial charge in [-0.2, -0.15) is 0 Å². The maximum atomic E-state index is 11.7. The third kappa shape index (κ3) is 8.02. The number of nitrogens with zero attached hydrogens (tertiary/aromatic N) is 1. The SMILES string of the molecule is CCCCCCNC(N)=NCC(=O)NC1CCCCC1. The Morgan fingerprint density at radius 2 is 1.95 bits per heavy atom. The van der Waals surface area contributed by atoms with E-state index in [9.17, 15) is 4.79 Å². The van der Waals surface area contributed by atoms with Gasteiger partial charge in [-0.05, 0) is 19.3 Å². The van der Waals surface area contributed by atoms with Crippen LogP contribution in [0.25, 0.3) is 0 Å². The van der Waals surface area contributed by atoms with E-state index in [0.717, 1.165) is 25.8 Å². The fourth-order valence-electron chi connectivity index (χ4n) is 2.50. The Labute approximate surface area is 122 Å². The van der Waals surface area contributed by atoms with Crippen molar-refractivity contribution >= 4 is 11.9 Å². The van der Waals surface area contributed by atoms with E-state index >= 15 is 0 Å². The average molecular weight is 282 g/mol. The third-order valence-electron chi connectivity index (χ3n) is 3.70. The molecule has 0 spiro atoms. The monoisotopic (exact) mass is 282 g/mol. The quantitative estimate of drug-likeness (QED) is 0.361. The number of guanidine groups is 1. The van der Waals surface area contributed by atoms with E-state index in [1.165, 1.54) is 38.5 Å². The Bertz CT molecular complexity index is 298. The van der Waals surface area contributed by atoms with Gasteiger partial charge in [0.25, 0.3) is 0 Å². The summed E-state index contributed by atoms with van der Waals surface area (Å²) in [5, 5.41) is 6.08. The zero-order chi connectivity index (χ0) is 14.6. The maximum Gasteiger partial charge on any atom is 0.242 e. The summed E-state index contributed by atoms with van der Waals surface area (Å²) in [6, 6.07) is 0.342. The van der Waals surface area contributed by atoms with Gasteiger partial charge < -0.3 is 16.4 Å². The van der Waals surface area contributed by atoms with E-state index in [2.05, 4.69) is 22.5 Å². The van der Waals surface area contributed by atoms with Gasteiger partial charge in [-0.1, -0.05) is 45.4 Å². The van der Waals surface area contributed by atoms with E-state index in [0.29, 0.717) is 12.0 Å². The Hall–Kier alpha value is -1.26. The number of aliphatic imine (C=N–C) groups is 1. The topological polar surface area (TPSA) is 79.5 Å². The molecule has 1 fully saturated rings. The molecule has 0 aromatic carbocycles. The summed E-state index contributed by atoms with van der Waals surface area (Å²) < 4.78 is 0. The second-order valence-corrected chi connectivity index (χ2v) is 5.59. The van der Waals surface area contributed by atoms with E-state index in [1.807, 2.05) is 0 Å². The van der Waals surface area contributed by atoms with Crippen LogP contribution in [0.2, 0.25) is 0 Å². The lowest BCUT2D eigenvalue weighted by Gasteiger charge is -2.22. The van der Waals surface area contributed by atoms with Crippen molar-refractivity contribution in [2.45, 2.75) is 70.8 Å². The highest BCUT2D eigenvalue weighted by molar-refractivity contribution is 5.84. The van der Waals surface area contributed by atoms with Crippen LogP contribution in [0, 0.1) is 0 Å². The summed E-state index contributed by atoms with van der Waals surface area (Å²) in [5.41, 5.74) is 5.73. The fraction of sp³-hybridized carbons (Fsp3) is 0.867. The predicted octanol–water partition coefficient (Wildman–Crippen LogP) is 1.92. The van der Waals surface area contributed by atoms with E-state index in [1.54, 1.807) is 0 Å². The van der Waals surface area contributed by atoms with Gasteiger partial charge >= 0.3 is 0 Å². The maximum absolute atomic E-state index is 11.7. The number of nitrogens with two attached hydrogens (primary N) is 1. The molecule has 1 aliphatic carbocycles. The molecule has 1 rings (SSSR count). The molecule has 0 aromatic rings. The van der Waals surface area contributed by atoms with Crippen LogP contribution in [0.15, 0.2) is 4.99 Å². The molecule has 1 amide bonds. The van der Waals surface area contributed by atoms with Crippen molar-refractivity contribution in [2.24, 2.45) is 10.7 Å². The summed E-state index contributed by atoms with van der Waals surface area (Å²) in [5.74, 6) is 0.355. The molecule has 20 heavy (non-hydrogen) atoms. The van der Waals surface area contributed by atoms with Gasteiger partial charge in [-0.15, -0.1) is 0 Å². The second kappa shape index (κ2) is 10.5. The molecule has 5 heteroatoms. The zero-order valence-corrected chi connectivity index (χ0v) is 12.8. The molecule has 0 unspecified atom stereocenters. The minimum Gasteiger partial charge on any atom is -0.370 e. The molecule has 4 N–H and O–H groups in total. The summed E-state index contributed by atoms with van der Waals surface area (Å²) in [6.45, 7) is 3.15. The van der Waals surface area contributed by atoms with Crippen LogP contribution in [0.4, 0.5) is 0 Å². The van der Waals surface area contributed by atoms with Crippen LogP contribution in [0.5, 0.6) is 0 Å².